The Balaban J connectivity index is 1.48. The van der Waals surface area contributed by atoms with Crippen LogP contribution in [0.15, 0.2) is 42.5 Å². The number of carbonyl (C=O) groups is 1. The molecule has 3 N–H and O–H groups in total. The van der Waals surface area contributed by atoms with Gasteiger partial charge in [0, 0.05) is 17.3 Å². The van der Waals surface area contributed by atoms with Crippen LogP contribution in [0.2, 0.25) is 0 Å². The molecular weight excluding hydrogens is 378 g/mol. The lowest BCUT2D eigenvalue weighted by Gasteiger charge is -2.29. The summed E-state index contributed by atoms with van der Waals surface area (Å²) < 4.78 is 11.2. The number of ether oxygens (including phenoxy) is 2. The lowest BCUT2D eigenvalue weighted by molar-refractivity contribution is -1.02. The molecule has 1 saturated heterocycles. The van der Waals surface area contributed by atoms with Crippen molar-refractivity contribution in [1.29, 1.82) is 0 Å². The second-order valence-corrected chi connectivity index (χ2v) is 7.86. The smallest absolute Gasteiger partial charge is 0.279 e. The highest BCUT2D eigenvalue weighted by atomic mass is 16.5. The molecule has 0 unspecified atom stereocenters. The van der Waals surface area contributed by atoms with Crippen molar-refractivity contribution in [2.75, 3.05) is 51.3 Å². The maximum absolute atomic E-state index is 12.6. The van der Waals surface area contributed by atoms with E-state index in [0.717, 1.165) is 38.4 Å². The minimum Gasteiger partial charge on any atom is -0.490 e. The molecule has 0 bridgehead atoms. The fraction of sp³-hybridized carbons (Fsp3) is 0.458. The normalized spacial score (nSPS) is 18.6. The van der Waals surface area contributed by atoms with Crippen LogP contribution in [0.3, 0.4) is 0 Å². The minimum absolute atomic E-state index is 0.0407. The first-order valence-electron chi connectivity index (χ1n) is 11.0. The summed E-state index contributed by atoms with van der Waals surface area (Å²) in [6.45, 7) is 13.0. The van der Waals surface area contributed by atoms with E-state index < -0.39 is 0 Å². The Labute approximate surface area is 179 Å². The summed E-state index contributed by atoms with van der Waals surface area (Å²) in [4.78, 5) is 15.5. The van der Waals surface area contributed by atoms with E-state index in [0.29, 0.717) is 31.3 Å². The molecule has 0 radical (unpaired) electrons. The van der Waals surface area contributed by atoms with Crippen LogP contribution in [-0.2, 0) is 11.3 Å². The van der Waals surface area contributed by atoms with E-state index in [1.54, 1.807) is 4.90 Å². The van der Waals surface area contributed by atoms with Crippen molar-refractivity contribution >= 4 is 11.6 Å². The highest BCUT2D eigenvalue weighted by Gasteiger charge is 2.25. The Kier molecular flexibility index (Phi) is 8.11. The molecule has 3 rings (SSSR count). The van der Waals surface area contributed by atoms with E-state index in [1.807, 2.05) is 32.0 Å². The van der Waals surface area contributed by atoms with Gasteiger partial charge in [0.25, 0.3) is 5.91 Å². The molecule has 30 heavy (non-hydrogen) atoms. The number of carbonyl (C=O) groups excluding carboxylic acids is 1. The summed E-state index contributed by atoms with van der Waals surface area (Å²) in [6, 6.07) is 14.2. The molecule has 6 heteroatoms. The average Bonchev–Trinajstić information content (AvgIpc) is 2.73. The van der Waals surface area contributed by atoms with E-state index in [4.69, 9.17) is 9.47 Å². The van der Waals surface area contributed by atoms with Gasteiger partial charge < -0.3 is 24.6 Å². The van der Waals surface area contributed by atoms with Gasteiger partial charge in [0.1, 0.15) is 32.7 Å². The monoisotopic (exact) mass is 413 g/mol. The maximum atomic E-state index is 12.6. The second kappa shape index (κ2) is 11.0. The Bertz CT molecular complexity index is 832. The van der Waals surface area contributed by atoms with E-state index in [2.05, 4.69) is 36.5 Å². The molecule has 1 aliphatic rings. The van der Waals surface area contributed by atoms with Crippen LogP contribution in [0.5, 0.6) is 11.5 Å². The molecule has 6 nitrogen and oxygen atoms in total. The van der Waals surface area contributed by atoms with Gasteiger partial charge in [0.2, 0.25) is 0 Å². The van der Waals surface area contributed by atoms with Gasteiger partial charge in [-0.1, -0.05) is 24.3 Å². The van der Waals surface area contributed by atoms with E-state index >= 15 is 0 Å². The van der Waals surface area contributed by atoms with Gasteiger partial charge in [0.05, 0.1) is 13.2 Å². The molecule has 2 aromatic rings. The number of benzene rings is 2. The van der Waals surface area contributed by atoms with E-state index in [9.17, 15) is 4.79 Å². The zero-order valence-electron chi connectivity index (χ0n) is 18.4. The molecule has 0 atom stereocenters. The molecule has 0 saturated carbocycles. The van der Waals surface area contributed by atoms with Crippen molar-refractivity contribution < 1.29 is 24.1 Å². The van der Waals surface area contributed by atoms with Gasteiger partial charge in [-0.15, -0.1) is 0 Å². The van der Waals surface area contributed by atoms with E-state index in [1.165, 1.54) is 16.0 Å². The minimum atomic E-state index is 0.0407. The van der Waals surface area contributed by atoms with Crippen LogP contribution >= 0.6 is 0 Å². The second-order valence-electron chi connectivity index (χ2n) is 7.86. The van der Waals surface area contributed by atoms with E-state index in [-0.39, 0.29) is 5.91 Å². The van der Waals surface area contributed by atoms with Gasteiger partial charge in [0.15, 0.2) is 18.0 Å². The van der Waals surface area contributed by atoms with Gasteiger partial charge in [-0.2, -0.15) is 0 Å². The van der Waals surface area contributed by atoms with Crippen molar-refractivity contribution in [3.8, 4) is 11.5 Å². The molecule has 1 aliphatic heterocycles. The quantitative estimate of drug-likeness (QED) is 0.568. The standard InChI is InChI=1S/C24H33N3O3/c1-4-29-22-11-10-21(16-23(22)30-5-2)25-24(28)18-27-14-12-26(13-15-27)17-20-9-7-6-8-19(20)3/h6-11,16H,4-5,12-15,17-18H2,1-3H3,(H,25,28)/p+2. The lowest BCUT2D eigenvalue weighted by Crippen LogP contribution is -3.28. The molecular formula is C24H35N3O3+2. The van der Waals surface area contributed by atoms with Crippen molar-refractivity contribution in [3.63, 3.8) is 0 Å². The van der Waals surface area contributed by atoms with Crippen LogP contribution in [0.4, 0.5) is 5.69 Å². The molecule has 0 spiro atoms. The first kappa shape index (κ1) is 22.1. The van der Waals surface area contributed by atoms with Crippen molar-refractivity contribution in [3.05, 3.63) is 53.6 Å². The SMILES string of the molecule is CCOc1ccc(NC(=O)C[NH+]2CC[NH+](Cc3ccccc3C)CC2)cc1OCC. The van der Waals surface area contributed by atoms with Crippen LogP contribution < -0.4 is 24.6 Å². The van der Waals surface area contributed by atoms with Crippen LogP contribution in [-0.4, -0.2) is 51.8 Å². The molecule has 0 aliphatic carbocycles. The summed E-state index contributed by atoms with van der Waals surface area (Å²) in [5.74, 6) is 1.41. The Hall–Kier alpha value is -2.57. The third-order valence-electron chi connectivity index (χ3n) is 5.60. The first-order valence-corrected chi connectivity index (χ1v) is 11.0. The van der Waals surface area contributed by atoms with Crippen LogP contribution in [0.1, 0.15) is 25.0 Å². The molecule has 1 heterocycles. The first-order chi connectivity index (χ1) is 14.6. The van der Waals surface area contributed by atoms with Gasteiger partial charge in [-0.05, 0) is 38.5 Å². The molecule has 162 valence electrons. The number of anilines is 1. The third-order valence-corrected chi connectivity index (χ3v) is 5.60. The average molecular weight is 414 g/mol. The molecule has 1 amide bonds. The van der Waals surface area contributed by atoms with Gasteiger partial charge in [-0.3, -0.25) is 4.79 Å². The maximum Gasteiger partial charge on any atom is 0.279 e. The van der Waals surface area contributed by atoms with Crippen molar-refractivity contribution in [2.45, 2.75) is 27.3 Å². The number of hydrogen-bond acceptors (Lipinski definition) is 3. The van der Waals surface area contributed by atoms with Crippen LogP contribution in [0, 0.1) is 6.92 Å². The van der Waals surface area contributed by atoms with Crippen LogP contribution in [0.25, 0.3) is 0 Å². The zero-order valence-corrected chi connectivity index (χ0v) is 18.4. The number of aryl methyl sites for hydroxylation is 1. The number of rotatable bonds is 9. The summed E-state index contributed by atoms with van der Waals surface area (Å²) in [7, 11) is 0. The Morgan fingerprint density at radius 1 is 0.933 bits per heavy atom. The Morgan fingerprint density at radius 3 is 2.30 bits per heavy atom. The van der Waals surface area contributed by atoms with Crippen molar-refractivity contribution in [2.24, 2.45) is 0 Å². The fourth-order valence-corrected chi connectivity index (χ4v) is 3.95. The largest absolute Gasteiger partial charge is 0.490 e. The predicted octanol–water partition coefficient (Wildman–Crippen LogP) is 0.715. The number of nitrogens with one attached hydrogen (secondary N) is 3. The molecule has 1 fully saturated rings. The highest BCUT2D eigenvalue weighted by molar-refractivity contribution is 5.91. The summed E-state index contributed by atoms with van der Waals surface area (Å²) in [6.07, 6.45) is 0. The third kappa shape index (κ3) is 6.21. The number of quaternary nitrogens is 2. The number of hydrogen-bond donors (Lipinski definition) is 3. The summed E-state index contributed by atoms with van der Waals surface area (Å²) >= 11 is 0. The van der Waals surface area contributed by atoms with Gasteiger partial charge >= 0.3 is 0 Å². The van der Waals surface area contributed by atoms with Gasteiger partial charge in [-0.25, -0.2) is 0 Å². The topological polar surface area (TPSA) is 56.4 Å². The van der Waals surface area contributed by atoms with Crippen molar-refractivity contribution in [1.82, 2.24) is 0 Å². The summed E-state index contributed by atoms with van der Waals surface area (Å²) in [5, 5.41) is 3.01. The molecule has 0 aromatic heterocycles. The zero-order chi connectivity index (χ0) is 21.3. The lowest BCUT2D eigenvalue weighted by atomic mass is 10.1. The highest BCUT2D eigenvalue weighted by Crippen LogP contribution is 2.30. The predicted molar refractivity (Wildman–Crippen MR) is 119 cm³/mol. The molecule has 2 aromatic carbocycles. The fourth-order valence-electron chi connectivity index (χ4n) is 3.95. The number of piperazine rings is 1. The number of amides is 1. The Morgan fingerprint density at radius 2 is 1.60 bits per heavy atom. The summed E-state index contributed by atoms with van der Waals surface area (Å²) in [5.41, 5.74) is 3.53.